The van der Waals surface area contributed by atoms with Crippen LogP contribution in [0.2, 0.25) is 0 Å². The first-order chi connectivity index (χ1) is 8.43. The van der Waals surface area contributed by atoms with Crippen molar-refractivity contribution in [3.8, 4) is 0 Å². The van der Waals surface area contributed by atoms with E-state index in [0.29, 0.717) is 11.8 Å². The Morgan fingerprint density at radius 1 is 1.00 bits per heavy atom. The maximum atomic E-state index is 5.46. The van der Waals surface area contributed by atoms with Crippen LogP contribution in [0.5, 0.6) is 0 Å². The standard InChI is InChI=1S/C13H21N3O/c1-2-5-10(6-3-1)12-15-13(17-16-12)11-7-4-8-14-9-11/h10-11,14H,1-9H2. The molecule has 1 saturated heterocycles. The Bertz CT molecular complexity index is 319. The van der Waals surface area contributed by atoms with Gasteiger partial charge in [0, 0.05) is 12.5 Å². The van der Waals surface area contributed by atoms with Crippen LogP contribution in [0.15, 0.2) is 4.52 Å². The molecule has 0 bridgehead atoms. The molecule has 1 unspecified atom stereocenters. The smallest absolute Gasteiger partial charge is 0.231 e. The van der Waals surface area contributed by atoms with Gasteiger partial charge in [0.15, 0.2) is 5.82 Å². The van der Waals surface area contributed by atoms with Crippen molar-refractivity contribution in [3.05, 3.63) is 11.7 Å². The Hall–Kier alpha value is -0.900. The van der Waals surface area contributed by atoms with Crippen LogP contribution in [0.3, 0.4) is 0 Å². The van der Waals surface area contributed by atoms with Crippen LogP contribution in [0.1, 0.15) is 68.5 Å². The van der Waals surface area contributed by atoms with Crippen LogP contribution in [-0.4, -0.2) is 23.2 Å². The Morgan fingerprint density at radius 3 is 2.59 bits per heavy atom. The van der Waals surface area contributed by atoms with Crippen LogP contribution in [0, 0.1) is 0 Å². The van der Waals surface area contributed by atoms with Gasteiger partial charge in [0.1, 0.15) is 0 Å². The van der Waals surface area contributed by atoms with Crippen molar-refractivity contribution in [2.45, 2.75) is 56.8 Å². The molecule has 2 fully saturated rings. The number of rotatable bonds is 2. The molecule has 0 aromatic carbocycles. The first-order valence-corrected chi connectivity index (χ1v) is 6.97. The molecule has 1 aromatic heterocycles. The van der Waals surface area contributed by atoms with E-state index in [1.807, 2.05) is 0 Å². The van der Waals surface area contributed by atoms with Crippen LogP contribution >= 0.6 is 0 Å². The fourth-order valence-electron chi connectivity index (χ4n) is 3.00. The van der Waals surface area contributed by atoms with Gasteiger partial charge in [-0.1, -0.05) is 24.4 Å². The number of aromatic nitrogens is 2. The summed E-state index contributed by atoms with van der Waals surface area (Å²) in [5.74, 6) is 2.81. The highest BCUT2D eigenvalue weighted by atomic mass is 16.5. The summed E-state index contributed by atoms with van der Waals surface area (Å²) in [6.07, 6.45) is 8.88. The minimum atomic E-state index is 0.439. The summed E-state index contributed by atoms with van der Waals surface area (Å²) < 4.78 is 5.46. The first-order valence-electron chi connectivity index (χ1n) is 6.97. The van der Waals surface area contributed by atoms with Crippen LogP contribution < -0.4 is 5.32 Å². The second-order valence-corrected chi connectivity index (χ2v) is 5.37. The lowest BCUT2D eigenvalue weighted by Gasteiger charge is -2.19. The molecular formula is C13H21N3O. The minimum absolute atomic E-state index is 0.439. The summed E-state index contributed by atoms with van der Waals surface area (Å²) in [6, 6.07) is 0. The maximum absolute atomic E-state index is 5.46. The summed E-state index contributed by atoms with van der Waals surface area (Å²) in [4.78, 5) is 4.64. The summed E-state index contributed by atoms with van der Waals surface area (Å²) in [5.41, 5.74) is 0. The number of nitrogens with zero attached hydrogens (tertiary/aromatic N) is 2. The highest BCUT2D eigenvalue weighted by molar-refractivity contribution is 5.01. The molecule has 2 aliphatic rings. The number of nitrogens with one attached hydrogen (secondary N) is 1. The van der Waals surface area contributed by atoms with E-state index >= 15 is 0 Å². The Balaban J connectivity index is 1.68. The molecule has 1 saturated carbocycles. The lowest BCUT2D eigenvalue weighted by Crippen LogP contribution is -2.28. The average molecular weight is 235 g/mol. The molecule has 3 rings (SSSR count). The first kappa shape index (κ1) is 11.2. The van der Waals surface area contributed by atoms with Crippen molar-refractivity contribution >= 4 is 0 Å². The molecule has 1 aliphatic heterocycles. The summed E-state index contributed by atoms with van der Waals surface area (Å²) >= 11 is 0. The van der Waals surface area contributed by atoms with E-state index in [-0.39, 0.29) is 0 Å². The molecule has 4 heteroatoms. The molecule has 0 amide bonds. The van der Waals surface area contributed by atoms with E-state index in [1.165, 1.54) is 44.9 Å². The zero-order valence-corrected chi connectivity index (χ0v) is 10.3. The van der Waals surface area contributed by atoms with Gasteiger partial charge in [-0.2, -0.15) is 4.98 Å². The number of hydrogen-bond acceptors (Lipinski definition) is 4. The Morgan fingerprint density at radius 2 is 1.82 bits per heavy atom. The van der Waals surface area contributed by atoms with Crippen molar-refractivity contribution in [1.82, 2.24) is 15.5 Å². The molecular weight excluding hydrogens is 214 g/mol. The number of piperidine rings is 1. The fraction of sp³-hybridized carbons (Fsp3) is 0.846. The molecule has 1 aliphatic carbocycles. The molecule has 0 radical (unpaired) electrons. The van der Waals surface area contributed by atoms with Crippen molar-refractivity contribution in [1.29, 1.82) is 0 Å². The van der Waals surface area contributed by atoms with E-state index in [4.69, 9.17) is 4.52 Å². The highest BCUT2D eigenvalue weighted by Crippen LogP contribution is 2.32. The highest BCUT2D eigenvalue weighted by Gasteiger charge is 2.25. The predicted octanol–water partition coefficient (Wildman–Crippen LogP) is 2.58. The zero-order chi connectivity index (χ0) is 11.5. The van der Waals surface area contributed by atoms with Gasteiger partial charge in [-0.05, 0) is 32.2 Å². The van der Waals surface area contributed by atoms with Crippen molar-refractivity contribution < 1.29 is 4.52 Å². The van der Waals surface area contributed by atoms with Gasteiger partial charge >= 0.3 is 0 Å². The maximum Gasteiger partial charge on any atom is 0.231 e. The molecule has 2 heterocycles. The second kappa shape index (κ2) is 5.17. The van der Waals surface area contributed by atoms with Crippen LogP contribution in [-0.2, 0) is 0 Å². The Kier molecular flexibility index (Phi) is 3.41. The average Bonchev–Trinajstić information content (AvgIpc) is 2.90. The lowest BCUT2D eigenvalue weighted by molar-refractivity contribution is 0.316. The quantitative estimate of drug-likeness (QED) is 0.856. The summed E-state index contributed by atoms with van der Waals surface area (Å²) in [7, 11) is 0. The SMILES string of the molecule is C1CCC(c2noc(C3CCCNC3)n2)CC1. The van der Waals surface area contributed by atoms with E-state index in [9.17, 15) is 0 Å². The van der Waals surface area contributed by atoms with E-state index in [0.717, 1.165) is 24.8 Å². The molecule has 94 valence electrons. The summed E-state index contributed by atoms with van der Waals surface area (Å²) in [6.45, 7) is 2.12. The van der Waals surface area contributed by atoms with Gasteiger partial charge in [0.2, 0.25) is 5.89 Å². The molecule has 4 nitrogen and oxygen atoms in total. The second-order valence-electron chi connectivity index (χ2n) is 5.37. The summed E-state index contributed by atoms with van der Waals surface area (Å²) in [5, 5.41) is 7.60. The molecule has 17 heavy (non-hydrogen) atoms. The van der Waals surface area contributed by atoms with E-state index in [2.05, 4.69) is 15.5 Å². The van der Waals surface area contributed by atoms with Crippen LogP contribution in [0.4, 0.5) is 0 Å². The largest absolute Gasteiger partial charge is 0.339 e. The predicted molar refractivity (Wildman–Crippen MR) is 65.0 cm³/mol. The van der Waals surface area contributed by atoms with Gasteiger partial charge in [-0.25, -0.2) is 0 Å². The van der Waals surface area contributed by atoms with Gasteiger partial charge in [-0.15, -0.1) is 0 Å². The third kappa shape index (κ3) is 2.51. The molecule has 1 aromatic rings. The van der Waals surface area contributed by atoms with E-state index in [1.54, 1.807) is 0 Å². The zero-order valence-electron chi connectivity index (χ0n) is 10.3. The monoisotopic (exact) mass is 235 g/mol. The van der Waals surface area contributed by atoms with Crippen LogP contribution in [0.25, 0.3) is 0 Å². The number of hydrogen-bond donors (Lipinski definition) is 1. The minimum Gasteiger partial charge on any atom is -0.339 e. The van der Waals surface area contributed by atoms with Gasteiger partial charge in [0.05, 0.1) is 5.92 Å². The van der Waals surface area contributed by atoms with Crippen molar-refractivity contribution in [2.75, 3.05) is 13.1 Å². The Labute approximate surface area is 102 Å². The van der Waals surface area contributed by atoms with Crippen molar-refractivity contribution in [2.24, 2.45) is 0 Å². The van der Waals surface area contributed by atoms with Gasteiger partial charge < -0.3 is 9.84 Å². The normalized spacial score (nSPS) is 27.2. The third-order valence-corrected chi connectivity index (χ3v) is 4.07. The topological polar surface area (TPSA) is 51.0 Å². The molecule has 0 spiro atoms. The fourth-order valence-corrected chi connectivity index (χ4v) is 3.00. The van der Waals surface area contributed by atoms with Crippen molar-refractivity contribution in [3.63, 3.8) is 0 Å². The molecule has 1 N–H and O–H groups in total. The van der Waals surface area contributed by atoms with Gasteiger partial charge in [-0.3, -0.25) is 0 Å². The van der Waals surface area contributed by atoms with E-state index < -0.39 is 0 Å². The van der Waals surface area contributed by atoms with Gasteiger partial charge in [0.25, 0.3) is 0 Å². The lowest BCUT2D eigenvalue weighted by atomic mass is 9.89. The molecule has 1 atom stereocenters. The third-order valence-electron chi connectivity index (χ3n) is 4.07.